The van der Waals surface area contributed by atoms with Crippen LogP contribution < -0.4 is 0 Å². The first-order valence-electron chi connectivity index (χ1n) is 7.25. The summed E-state index contributed by atoms with van der Waals surface area (Å²) in [6, 6.07) is 0. The van der Waals surface area contributed by atoms with Crippen LogP contribution in [0.4, 0.5) is 0 Å². The van der Waals surface area contributed by atoms with Crippen LogP contribution in [0.25, 0.3) is 0 Å². The second kappa shape index (κ2) is 6.25. The molecule has 124 valence electrons. The zero-order chi connectivity index (χ0) is 16.5. The normalized spacial score (nSPS) is 21.0. The summed E-state index contributed by atoms with van der Waals surface area (Å²) in [6.07, 6.45) is 1.62. The number of carbonyl (C=O) groups is 1. The number of sulfonamides is 1. The predicted molar refractivity (Wildman–Crippen MR) is 85.9 cm³/mol. The fraction of sp³-hybridized carbons (Fsp3) is 0.714. The number of carboxylic acid groups (broad SMARTS) is 1. The van der Waals surface area contributed by atoms with Crippen LogP contribution in [-0.2, 0) is 10.0 Å². The third-order valence-corrected chi connectivity index (χ3v) is 6.84. The van der Waals surface area contributed by atoms with Crippen LogP contribution in [0.5, 0.6) is 0 Å². The Hall–Kier alpha value is -0.990. The van der Waals surface area contributed by atoms with Crippen LogP contribution in [0.15, 0.2) is 5.38 Å². The van der Waals surface area contributed by atoms with E-state index < -0.39 is 16.0 Å². The van der Waals surface area contributed by atoms with E-state index in [4.69, 9.17) is 5.11 Å². The average molecular weight is 346 g/mol. The lowest BCUT2D eigenvalue weighted by atomic mass is 10.0. The van der Waals surface area contributed by atoms with Crippen molar-refractivity contribution in [2.24, 2.45) is 5.41 Å². The van der Waals surface area contributed by atoms with Crippen LogP contribution >= 0.6 is 11.3 Å². The van der Waals surface area contributed by atoms with Gasteiger partial charge in [-0.25, -0.2) is 22.5 Å². The number of carboxylic acids is 1. The van der Waals surface area contributed by atoms with Crippen LogP contribution in [0.2, 0.25) is 0 Å². The van der Waals surface area contributed by atoms with Crippen molar-refractivity contribution in [3.05, 3.63) is 16.1 Å². The van der Waals surface area contributed by atoms with Gasteiger partial charge in [-0.3, -0.25) is 0 Å². The number of hydrogen-bond donors (Lipinski definition) is 1. The van der Waals surface area contributed by atoms with Crippen molar-refractivity contribution >= 4 is 27.3 Å². The second-order valence-corrected chi connectivity index (χ2v) is 9.75. The molecule has 1 atom stereocenters. The van der Waals surface area contributed by atoms with Crippen molar-refractivity contribution in [1.82, 2.24) is 9.29 Å². The van der Waals surface area contributed by atoms with E-state index >= 15 is 0 Å². The predicted octanol–water partition coefficient (Wildman–Crippen LogP) is 2.40. The molecule has 0 radical (unpaired) electrons. The Morgan fingerprint density at radius 2 is 2.18 bits per heavy atom. The van der Waals surface area contributed by atoms with Crippen molar-refractivity contribution in [3.63, 3.8) is 0 Å². The molecule has 2 heterocycles. The summed E-state index contributed by atoms with van der Waals surface area (Å²) in [5.41, 5.74) is -0.252. The highest BCUT2D eigenvalue weighted by molar-refractivity contribution is 7.89. The van der Waals surface area contributed by atoms with E-state index in [9.17, 15) is 13.2 Å². The minimum atomic E-state index is -3.30. The number of aromatic nitrogens is 1. The molecule has 1 unspecified atom stereocenters. The molecule has 0 bridgehead atoms. The third-order valence-electron chi connectivity index (χ3n) is 3.48. The first kappa shape index (κ1) is 17.4. The van der Waals surface area contributed by atoms with Crippen molar-refractivity contribution < 1.29 is 18.3 Å². The van der Waals surface area contributed by atoms with Crippen LogP contribution in [0.3, 0.4) is 0 Å². The van der Waals surface area contributed by atoms with Gasteiger partial charge in [0.2, 0.25) is 10.0 Å². The number of aromatic carboxylic acids is 1. The summed E-state index contributed by atoms with van der Waals surface area (Å²) >= 11 is 1.30. The molecular weight excluding hydrogens is 324 g/mol. The number of piperidine rings is 1. The van der Waals surface area contributed by atoms with Crippen molar-refractivity contribution in [1.29, 1.82) is 0 Å². The Kier molecular flexibility index (Phi) is 4.93. The molecule has 1 fully saturated rings. The molecule has 1 aromatic rings. The van der Waals surface area contributed by atoms with Gasteiger partial charge in [-0.2, -0.15) is 0 Å². The Balaban J connectivity index is 2.13. The maximum atomic E-state index is 12.5. The third kappa shape index (κ3) is 4.27. The number of rotatable bonds is 4. The molecular formula is C14H22N2O4S2. The standard InChI is InChI=1S/C14H22N2O4S2/c1-14(2,3)9-22(19,20)16-6-4-5-10(7-16)12-15-11(8-21-12)13(17)18/h8,10H,4-7,9H2,1-3H3,(H,17,18). The molecule has 8 heteroatoms. The van der Waals surface area contributed by atoms with E-state index in [1.165, 1.54) is 21.0 Å². The van der Waals surface area contributed by atoms with Crippen molar-refractivity contribution in [2.75, 3.05) is 18.8 Å². The van der Waals surface area contributed by atoms with Gasteiger partial charge in [0.25, 0.3) is 0 Å². The van der Waals surface area contributed by atoms with E-state index in [1.807, 2.05) is 20.8 Å². The first-order valence-corrected chi connectivity index (χ1v) is 9.74. The lowest BCUT2D eigenvalue weighted by Gasteiger charge is -2.33. The van der Waals surface area contributed by atoms with E-state index in [-0.39, 0.29) is 22.8 Å². The highest BCUT2D eigenvalue weighted by Crippen LogP contribution is 2.31. The lowest BCUT2D eigenvalue weighted by Crippen LogP contribution is -2.42. The maximum absolute atomic E-state index is 12.5. The molecule has 0 aromatic carbocycles. The molecule has 1 aliphatic heterocycles. The van der Waals surface area contributed by atoms with Crippen molar-refractivity contribution in [3.8, 4) is 0 Å². The van der Waals surface area contributed by atoms with Gasteiger partial charge in [0.1, 0.15) is 0 Å². The molecule has 1 saturated heterocycles. The van der Waals surface area contributed by atoms with E-state index in [0.717, 1.165) is 12.8 Å². The highest BCUT2D eigenvalue weighted by atomic mass is 32.2. The van der Waals surface area contributed by atoms with Gasteiger partial charge in [0.05, 0.1) is 10.8 Å². The molecule has 22 heavy (non-hydrogen) atoms. The largest absolute Gasteiger partial charge is 0.476 e. The number of nitrogens with zero attached hydrogens (tertiary/aromatic N) is 2. The Labute approximate surface area is 135 Å². The Morgan fingerprint density at radius 3 is 2.73 bits per heavy atom. The van der Waals surface area contributed by atoms with Crippen molar-refractivity contribution in [2.45, 2.75) is 39.5 Å². The van der Waals surface area contributed by atoms with Crippen LogP contribution in [-0.4, -0.2) is 47.6 Å². The zero-order valence-electron chi connectivity index (χ0n) is 13.1. The van der Waals surface area contributed by atoms with Crippen LogP contribution in [0.1, 0.15) is 55.0 Å². The molecule has 0 spiro atoms. The first-order chi connectivity index (χ1) is 10.1. The topological polar surface area (TPSA) is 87.6 Å². The molecule has 0 aliphatic carbocycles. The summed E-state index contributed by atoms with van der Waals surface area (Å²) in [5, 5.41) is 11.2. The summed E-state index contributed by atoms with van der Waals surface area (Å²) in [7, 11) is -3.30. The van der Waals surface area contributed by atoms with E-state index in [1.54, 1.807) is 0 Å². The summed E-state index contributed by atoms with van der Waals surface area (Å²) < 4.78 is 26.5. The van der Waals surface area contributed by atoms with E-state index in [2.05, 4.69) is 4.98 Å². The summed E-state index contributed by atoms with van der Waals surface area (Å²) in [4.78, 5) is 15.0. The quantitative estimate of drug-likeness (QED) is 0.904. The Morgan fingerprint density at radius 1 is 1.50 bits per heavy atom. The summed E-state index contributed by atoms with van der Waals surface area (Å²) in [6.45, 7) is 6.65. The van der Waals surface area contributed by atoms with Gasteiger partial charge in [0, 0.05) is 24.4 Å². The molecule has 1 aliphatic rings. The minimum absolute atomic E-state index is 0.0124. The number of thiazole rings is 1. The fourth-order valence-corrected chi connectivity index (χ4v) is 5.62. The maximum Gasteiger partial charge on any atom is 0.355 e. The lowest BCUT2D eigenvalue weighted by molar-refractivity contribution is 0.0691. The minimum Gasteiger partial charge on any atom is -0.476 e. The number of hydrogen-bond acceptors (Lipinski definition) is 5. The molecule has 0 saturated carbocycles. The fourth-order valence-electron chi connectivity index (χ4n) is 2.61. The van der Waals surface area contributed by atoms with Gasteiger partial charge in [-0.05, 0) is 18.3 Å². The van der Waals surface area contributed by atoms with Gasteiger partial charge in [-0.1, -0.05) is 20.8 Å². The molecule has 0 amide bonds. The zero-order valence-corrected chi connectivity index (χ0v) is 14.7. The SMILES string of the molecule is CC(C)(C)CS(=O)(=O)N1CCCC(c2nc(C(=O)O)cs2)C1. The van der Waals surface area contributed by atoms with Gasteiger partial charge >= 0.3 is 5.97 Å². The molecule has 2 rings (SSSR count). The average Bonchev–Trinajstić information content (AvgIpc) is 2.86. The second-order valence-electron chi connectivity index (χ2n) is 6.89. The molecule has 6 nitrogen and oxygen atoms in total. The highest BCUT2D eigenvalue weighted by Gasteiger charge is 2.33. The molecule has 1 N–H and O–H groups in total. The van der Waals surface area contributed by atoms with Gasteiger partial charge in [0.15, 0.2) is 5.69 Å². The molecule has 1 aromatic heterocycles. The van der Waals surface area contributed by atoms with E-state index in [0.29, 0.717) is 18.1 Å². The Bertz CT molecular complexity index is 646. The van der Waals surface area contributed by atoms with Crippen LogP contribution in [0, 0.1) is 5.41 Å². The monoisotopic (exact) mass is 346 g/mol. The summed E-state index contributed by atoms with van der Waals surface area (Å²) in [5.74, 6) is -0.942. The smallest absolute Gasteiger partial charge is 0.355 e. The van der Waals surface area contributed by atoms with Gasteiger partial charge < -0.3 is 5.11 Å². The van der Waals surface area contributed by atoms with Gasteiger partial charge in [-0.15, -0.1) is 11.3 Å².